The second-order valence-electron chi connectivity index (χ2n) is 4.46. The van der Waals surface area contributed by atoms with Crippen LogP contribution in [-0.2, 0) is 0 Å². The summed E-state index contributed by atoms with van der Waals surface area (Å²) < 4.78 is 13.7. The molecular weight excluding hydrogens is 354 g/mol. The van der Waals surface area contributed by atoms with Crippen molar-refractivity contribution in [1.82, 2.24) is 0 Å². The van der Waals surface area contributed by atoms with Gasteiger partial charge in [-0.25, -0.2) is 4.39 Å². The van der Waals surface area contributed by atoms with E-state index in [1.165, 1.54) is 6.07 Å². The van der Waals surface area contributed by atoms with E-state index in [4.69, 9.17) is 0 Å². The number of nitro groups is 1. The molecule has 0 radical (unpaired) electrons. The highest BCUT2D eigenvalue weighted by atomic mass is 127. The minimum absolute atomic E-state index is 0.113. The molecule has 1 fully saturated rings. The summed E-state index contributed by atoms with van der Waals surface area (Å²) in [6.45, 7) is -0.113. The minimum Gasteiger partial charge on any atom is -0.394 e. The fraction of sp³-hybridized carbons (Fsp3) is 0.455. The fourth-order valence-electron chi connectivity index (χ4n) is 2.00. The van der Waals surface area contributed by atoms with Crippen LogP contribution in [0.2, 0.25) is 0 Å². The summed E-state index contributed by atoms with van der Waals surface area (Å²) in [4.78, 5) is 10.4. The molecule has 0 unspecified atom stereocenters. The van der Waals surface area contributed by atoms with E-state index < -0.39 is 16.3 Å². The average Bonchev–Trinajstić information content (AvgIpc) is 2.27. The second-order valence-corrected chi connectivity index (χ2v) is 5.62. The molecule has 0 aromatic heterocycles. The maximum absolute atomic E-state index is 13.5. The maximum atomic E-state index is 13.5. The average molecular weight is 366 g/mol. The molecule has 0 amide bonds. The van der Waals surface area contributed by atoms with Crippen LogP contribution in [0.4, 0.5) is 15.8 Å². The summed E-state index contributed by atoms with van der Waals surface area (Å²) in [7, 11) is 0. The Morgan fingerprint density at radius 3 is 2.67 bits per heavy atom. The molecule has 5 nitrogen and oxygen atoms in total. The van der Waals surface area contributed by atoms with Gasteiger partial charge in [0.1, 0.15) is 11.5 Å². The SMILES string of the molecule is O=[N+]([O-])c1cc(I)c(F)cc1NC1(CO)CCC1. The van der Waals surface area contributed by atoms with Crippen molar-refractivity contribution < 1.29 is 14.4 Å². The van der Waals surface area contributed by atoms with Crippen LogP contribution in [0, 0.1) is 19.5 Å². The normalized spacial score (nSPS) is 17.1. The number of nitro benzene ring substituents is 1. The summed E-state index contributed by atoms with van der Waals surface area (Å²) >= 11 is 1.71. The largest absolute Gasteiger partial charge is 0.394 e. The van der Waals surface area contributed by atoms with Gasteiger partial charge in [-0.1, -0.05) is 0 Å². The maximum Gasteiger partial charge on any atom is 0.293 e. The Labute approximate surface area is 117 Å². The first-order valence-electron chi connectivity index (χ1n) is 5.50. The van der Waals surface area contributed by atoms with Crippen molar-refractivity contribution >= 4 is 34.0 Å². The van der Waals surface area contributed by atoms with Crippen LogP contribution in [0.15, 0.2) is 12.1 Å². The van der Waals surface area contributed by atoms with Crippen molar-refractivity contribution in [2.75, 3.05) is 11.9 Å². The molecule has 18 heavy (non-hydrogen) atoms. The van der Waals surface area contributed by atoms with Crippen molar-refractivity contribution in [1.29, 1.82) is 0 Å². The molecule has 0 atom stereocenters. The van der Waals surface area contributed by atoms with Crippen LogP contribution in [-0.4, -0.2) is 22.2 Å². The van der Waals surface area contributed by atoms with Gasteiger partial charge in [0.25, 0.3) is 5.69 Å². The monoisotopic (exact) mass is 366 g/mol. The number of benzene rings is 1. The number of hydrogen-bond donors (Lipinski definition) is 2. The molecule has 1 aliphatic rings. The number of aliphatic hydroxyl groups is 1. The molecule has 98 valence electrons. The molecule has 1 aromatic rings. The molecule has 0 bridgehead atoms. The van der Waals surface area contributed by atoms with E-state index in [-0.39, 0.29) is 21.6 Å². The van der Waals surface area contributed by atoms with Gasteiger partial charge in [-0.15, -0.1) is 0 Å². The van der Waals surface area contributed by atoms with E-state index in [1.54, 1.807) is 22.6 Å². The van der Waals surface area contributed by atoms with Gasteiger partial charge in [0.2, 0.25) is 0 Å². The number of anilines is 1. The van der Waals surface area contributed by atoms with Crippen LogP contribution in [0.1, 0.15) is 19.3 Å². The Morgan fingerprint density at radius 2 is 2.22 bits per heavy atom. The number of aliphatic hydroxyl groups excluding tert-OH is 1. The molecule has 7 heteroatoms. The predicted molar refractivity (Wildman–Crippen MR) is 73.1 cm³/mol. The Hall–Kier alpha value is -0.960. The lowest BCUT2D eigenvalue weighted by molar-refractivity contribution is -0.384. The Bertz CT molecular complexity index is 486. The van der Waals surface area contributed by atoms with Gasteiger partial charge in [0.15, 0.2) is 0 Å². The van der Waals surface area contributed by atoms with Crippen LogP contribution in [0.25, 0.3) is 0 Å². The second kappa shape index (κ2) is 4.96. The van der Waals surface area contributed by atoms with Gasteiger partial charge in [-0.3, -0.25) is 10.1 Å². The third kappa shape index (κ3) is 2.41. The van der Waals surface area contributed by atoms with Crippen molar-refractivity contribution in [3.8, 4) is 0 Å². The van der Waals surface area contributed by atoms with Crippen LogP contribution in [0.3, 0.4) is 0 Å². The van der Waals surface area contributed by atoms with Gasteiger partial charge in [-0.2, -0.15) is 0 Å². The van der Waals surface area contributed by atoms with E-state index in [0.717, 1.165) is 25.3 Å². The van der Waals surface area contributed by atoms with E-state index in [0.29, 0.717) is 0 Å². The number of halogens is 2. The van der Waals surface area contributed by atoms with E-state index >= 15 is 0 Å². The van der Waals surface area contributed by atoms with Crippen molar-refractivity contribution in [2.24, 2.45) is 0 Å². The zero-order valence-corrected chi connectivity index (χ0v) is 11.6. The number of rotatable bonds is 4. The van der Waals surface area contributed by atoms with Crippen molar-refractivity contribution in [3.05, 3.63) is 31.6 Å². The highest BCUT2D eigenvalue weighted by Crippen LogP contribution is 2.38. The zero-order valence-electron chi connectivity index (χ0n) is 9.45. The first-order valence-corrected chi connectivity index (χ1v) is 6.58. The van der Waals surface area contributed by atoms with Gasteiger partial charge >= 0.3 is 0 Å². The number of hydrogen-bond acceptors (Lipinski definition) is 4. The lowest BCUT2D eigenvalue weighted by Crippen LogP contribution is -2.48. The molecule has 0 saturated heterocycles. The minimum atomic E-state index is -0.548. The fourth-order valence-corrected chi connectivity index (χ4v) is 2.45. The predicted octanol–water partition coefficient (Wildman–Crippen LogP) is 2.67. The Morgan fingerprint density at radius 1 is 1.56 bits per heavy atom. The molecule has 0 aliphatic heterocycles. The van der Waals surface area contributed by atoms with Crippen molar-refractivity contribution in [3.63, 3.8) is 0 Å². The van der Waals surface area contributed by atoms with Crippen molar-refractivity contribution in [2.45, 2.75) is 24.8 Å². The lowest BCUT2D eigenvalue weighted by atomic mass is 9.77. The Kier molecular flexibility index (Phi) is 3.71. The van der Waals surface area contributed by atoms with Crippen LogP contribution in [0.5, 0.6) is 0 Å². The van der Waals surface area contributed by atoms with Gasteiger partial charge < -0.3 is 10.4 Å². The molecule has 1 aromatic carbocycles. The van der Waals surface area contributed by atoms with Crippen LogP contribution >= 0.6 is 22.6 Å². The molecular formula is C11H12FIN2O3. The van der Waals surface area contributed by atoms with Gasteiger partial charge in [0, 0.05) is 12.1 Å². The number of nitrogens with zero attached hydrogens (tertiary/aromatic N) is 1. The molecule has 0 spiro atoms. The first-order chi connectivity index (χ1) is 8.47. The highest BCUT2D eigenvalue weighted by Gasteiger charge is 2.37. The Balaban J connectivity index is 2.36. The van der Waals surface area contributed by atoms with Crippen LogP contribution < -0.4 is 5.32 Å². The third-order valence-electron chi connectivity index (χ3n) is 3.25. The molecule has 1 saturated carbocycles. The molecule has 2 rings (SSSR count). The summed E-state index contributed by atoms with van der Waals surface area (Å²) in [5.74, 6) is -0.504. The molecule has 2 N–H and O–H groups in total. The standard InChI is InChI=1S/C11H12FIN2O3/c12-7-4-9(10(15(17)18)5-8(7)13)14-11(6-16)2-1-3-11/h4-5,14,16H,1-3,6H2. The zero-order chi connectivity index (χ0) is 13.3. The highest BCUT2D eigenvalue weighted by molar-refractivity contribution is 14.1. The third-order valence-corrected chi connectivity index (χ3v) is 4.08. The van der Waals surface area contributed by atoms with Gasteiger partial charge in [-0.05, 0) is 41.9 Å². The molecule has 0 heterocycles. The van der Waals surface area contributed by atoms with E-state index in [2.05, 4.69) is 5.32 Å². The summed E-state index contributed by atoms with van der Waals surface area (Å²) in [6.07, 6.45) is 2.41. The van der Waals surface area contributed by atoms with E-state index in [1.807, 2.05) is 0 Å². The molecule has 1 aliphatic carbocycles. The topological polar surface area (TPSA) is 75.4 Å². The first kappa shape index (κ1) is 13.5. The lowest BCUT2D eigenvalue weighted by Gasteiger charge is -2.41. The smallest absolute Gasteiger partial charge is 0.293 e. The van der Waals surface area contributed by atoms with E-state index in [9.17, 15) is 19.6 Å². The van der Waals surface area contributed by atoms with Gasteiger partial charge in [0.05, 0.1) is 20.6 Å². The summed E-state index contributed by atoms with van der Waals surface area (Å²) in [5.41, 5.74) is -0.573. The number of nitrogens with one attached hydrogen (secondary N) is 1. The summed E-state index contributed by atoms with van der Waals surface area (Å²) in [6, 6.07) is 2.32. The summed E-state index contributed by atoms with van der Waals surface area (Å²) in [5, 5.41) is 23.2. The quantitative estimate of drug-likeness (QED) is 0.488.